The molecule has 1 unspecified atom stereocenters. The highest BCUT2D eigenvalue weighted by Gasteiger charge is 2.17. The van der Waals surface area contributed by atoms with Crippen molar-refractivity contribution < 1.29 is 0 Å². The van der Waals surface area contributed by atoms with Gasteiger partial charge in [-0.2, -0.15) is 11.8 Å². The second-order valence-corrected chi connectivity index (χ2v) is 6.54. The topological polar surface area (TPSA) is 42.2 Å². The van der Waals surface area contributed by atoms with E-state index in [4.69, 9.17) is 5.73 Å². The Bertz CT molecular complexity index is 332. The van der Waals surface area contributed by atoms with Crippen LogP contribution in [0.4, 0.5) is 5.13 Å². The molecule has 1 fully saturated rings. The summed E-state index contributed by atoms with van der Waals surface area (Å²) in [5.41, 5.74) is 5.65. The molecule has 3 nitrogen and oxygen atoms in total. The van der Waals surface area contributed by atoms with Crippen molar-refractivity contribution in [2.75, 3.05) is 25.1 Å². The molecule has 0 aliphatic carbocycles. The normalized spacial score (nSPS) is 21.8. The monoisotopic (exact) mass is 293 g/mol. The van der Waals surface area contributed by atoms with Crippen molar-refractivity contribution in [2.24, 2.45) is 0 Å². The van der Waals surface area contributed by atoms with Crippen molar-refractivity contribution in [1.82, 2.24) is 9.88 Å². The molecule has 0 amide bonds. The SMILES string of the molecule is CSC1CCCCN(Cc2cnc(N)s2)C1.Cl. The molecule has 1 aromatic rings. The van der Waals surface area contributed by atoms with Crippen LogP contribution in [0.25, 0.3) is 0 Å². The van der Waals surface area contributed by atoms with Gasteiger partial charge in [-0.1, -0.05) is 6.42 Å². The maximum absolute atomic E-state index is 5.65. The van der Waals surface area contributed by atoms with Crippen molar-refractivity contribution in [3.8, 4) is 0 Å². The number of halogens is 1. The molecule has 1 aliphatic rings. The Labute approximate surface area is 118 Å². The largest absolute Gasteiger partial charge is 0.375 e. The first-order valence-corrected chi connectivity index (χ1v) is 7.83. The highest BCUT2D eigenvalue weighted by Crippen LogP contribution is 2.23. The van der Waals surface area contributed by atoms with Crippen LogP contribution in [0.2, 0.25) is 0 Å². The lowest BCUT2D eigenvalue weighted by Gasteiger charge is -2.22. The summed E-state index contributed by atoms with van der Waals surface area (Å²) in [6.07, 6.45) is 8.19. The van der Waals surface area contributed by atoms with Gasteiger partial charge in [0, 0.05) is 29.4 Å². The number of aromatic nitrogens is 1. The summed E-state index contributed by atoms with van der Waals surface area (Å²) in [7, 11) is 0. The van der Waals surface area contributed by atoms with Gasteiger partial charge in [0.1, 0.15) is 0 Å². The summed E-state index contributed by atoms with van der Waals surface area (Å²) < 4.78 is 0. The first-order valence-electron chi connectivity index (χ1n) is 5.73. The lowest BCUT2D eigenvalue weighted by atomic mass is 10.2. The average molecular weight is 294 g/mol. The minimum absolute atomic E-state index is 0. The number of rotatable bonds is 3. The van der Waals surface area contributed by atoms with Gasteiger partial charge in [0.2, 0.25) is 0 Å². The number of hydrogen-bond acceptors (Lipinski definition) is 5. The van der Waals surface area contributed by atoms with E-state index in [1.165, 1.54) is 37.2 Å². The number of nitrogens with two attached hydrogens (primary N) is 1. The summed E-state index contributed by atoms with van der Waals surface area (Å²) in [5, 5.41) is 1.49. The smallest absolute Gasteiger partial charge is 0.180 e. The molecule has 1 aromatic heterocycles. The van der Waals surface area contributed by atoms with Crippen LogP contribution < -0.4 is 5.73 Å². The predicted molar refractivity (Wildman–Crippen MR) is 80.2 cm³/mol. The number of thioether (sulfide) groups is 1. The van der Waals surface area contributed by atoms with Gasteiger partial charge in [-0.15, -0.1) is 23.7 Å². The molecule has 1 aliphatic heterocycles. The van der Waals surface area contributed by atoms with Crippen LogP contribution in [0.15, 0.2) is 6.20 Å². The van der Waals surface area contributed by atoms with Gasteiger partial charge in [-0.3, -0.25) is 4.90 Å². The van der Waals surface area contributed by atoms with Crippen molar-refractivity contribution in [1.29, 1.82) is 0 Å². The molecule has 2 rings (SSSR count). The number of hydrogen-bond donors (Lipinski definition) is 1. The molecule has 0 bridgehead atoms. The van der Waals surface area contributed by atoms with E-state index in [1.54, 1.807) is 11.3 Å². The van der Waals surface area contributed by atoms with E-state index in [9.17, 15) is 0 Å². The quantitative estimate of drug-likeness (QED) is 0.930. The van der Waals surface area contributed by atoms with E-state index in [1.807, 2.05) is 18.0 Å². The molecule has 2 heterocycles. The fraction of sp³-hybridized carbons (Fsp3) is 0.727. The molecule has 6 heteroatoms. The lowest BCUT2D eigenvalue weighted by molar-refractivity contribution is 0.282. The molecular formula is C11H20ClN3S2. The molecule has 0 spiro atoms. The molecule has 1 saturated heterocycles. The standard InChI is InChI=1S/C11H19N3S2.ClH/c1-15-9-4-2-3-5-14(7-9)8-10-6-13-11(12)16-10;/h6,9H,2-5,7-8H2,1H3,(H2,12,13);1H. The van der Waals surface area contributed by atoms with Gasteiger partial charge in [0.25, 0.3) is 0 Å². The number of anilines is 1. The zero-order valence-corrected chi connectivity index (χ0v) is 12.5. The Hall–Kier alpha value is 0.0300. The average Bonchev–Trinajstić information content (AvgIpc) is 2.55. The minimum Gasteiger partial charge on any atom is -0.375 e. The van der Waals surface area contributed by atoms with Crippen LogP contribution in [0.3, 0.4) is 0 Å². The van der Waals surface area contributed by atoms with Gasteiger partial charge in [0.05, 0.1) is 0 Å². The van der Waals surface area contributed by atoms with E-state index < -0.39 is 0 Å². The Morgan fingerprint density at radius 1 is 1.59 bits per heavy atom. The van der Waals surface area contributed by atoms with Gasteiger partial charge in [-0.05, 0) is 25.6 Å². The third kappa shape index (κ3) is 4.66. The molecular weight excluding hydrogens is 274 g/mol. The van der Waals surface area contributed by atoms with Crippen LogP contribution in [0, 0.1) is 0 Å². The summed E-state index contributed by atoms with van der Waals surface area (Å²) in [6.45, 7) is 3.44. The van der Waals surface area contributed by atoms with E-state index in [-0.39, 0.29) is 12.4 Å². The summed E-state index contributed by atoms with van der Waals surface area (Å²) in [6, 6.07) is 0. The maximum Gasteiger partial charge on any atom is 0.180 e. The van der Waals surface area contributed by atoms with Gasteiger partial charge in [0.15, 0.2) is 5.13 Å². The maximum atomic E-state index is 5.65. The van der Waals surface area contributed by atoms with Crippen LogP contribution in [-0.4, -0.2) is 34.5 Å². The Morgan fingerprint density at radius 3 is 3.06 bits per heavy atom. The van der Waals surface area contributed by atoms with E-state index in [0.29, 0.717) is 5.13 Å². The summed E-state index contributed by atoms with van der Waals surface area (Å²) >= 11 is 3.62. The second kappa shape index (κ2) is 7.46. The molecule has 0 saturated carbocycles. The van der Waals surface area contributed by atoms with Crippen LogP contribution in [-0.2, 0) is 6.54 Å². The van der Waals surface area contributed by atoms with E-state index in [0.717, 1.165) is 11.8 Å². The highest BCUT2D eigenvalue weighted by molar-refractivity contribution is 7.99. The van der Waals surface area contributed by atoms with Gasteiger partial charge < -0.3 is 5.73 Å². The third-order valence-corrected chi connectivity index (χ3v) is 4.86. The Morgan fingerprint density at radius 2 is 2.41 bits per heavy atom. The fourth-order valence-electron chi connectivity index (χ4n) is 2.13. The minimum atomic E-state index is 0. The zero-order valence-electron chi connectivity index (χ0n) is 10.1. The second-order valence-electron chi connectivity index (χ2n) is 4.25. The van der Waals surface area contributed by atoms with Crippen molar-refractivity contribution in [2.45, 2.75) is 31.1 Å². The first-order chi connectivity index (χ1) is 7.78. The van der Waals surface area contributed by atoms with E-state index >= 15 is 0 Å². The molecule has 17 heavy (non-hydrogen) atoms. The van der Waals surface area contributed by atoms with Crippen molar-refractivity contribution in [3.05, 3.63) is 11.1 Å². The highest BCUT2D eigenvalue weighted by atomic mass is 35.5. The number of likely N-dealkylation sites (tertiary alicyclic amines) is 1. The molecule has 1 atom stereocenters. The predicted octanol–water partition coefficient (Wildman–Crippen LogP) is 2.86. The fourth-order valence-corrected chi connectivity index (χ4v) is 3.62. The number of nitrogen functional groups attached to an aromatic ring is 1. The van der Waals surface area contributed by atoms with Crippen LogP contribution in [0.5, 0.6) is 0 Å². The first kappa shape index (κ1) is 15.1. The molecule has 2 N–H and O–H groups in total. The summed E-state index contributed by atoms with van der Waals surface area (Å²) in [4.78, 5) is 7.94. The number of thiazole rings is 1. The lowest BCUT2D eigenvalue weighted by Crippen LogP contribution is -2.28. The number of nitrogens with zero attached hydrogens (tertiary/aromatic N) is 2. The molecule has 0 aromatic carbocycles. The van der Waals surface area contributed by atoms with Crippen LogP contribution >= 0.6 is 35.5 Å². The van der Waals surface area contributed by atoms with Crippen LogP contribution in [0.1, 0.15) is 24.1 Å². The van der Waals surface area contributed by atoms with Gasteiger partial charge >= 0.3 is 0 Å². The van der Waals surface area contributed by atoms with Gasteiger partial charge in [-0.25, -0.2) is 4.98 Å². The van der Waals surface area contributed by atoms with Crippen molar-refractivity contribution >= 4 is 40.6 Å². The van der Waals surface area contributed by atoms with Crippen molar-refractivity contribution in [3.63, 3.8) is 0 Å². The molecule has 98 valence electrons. The summed E-state index contributed by atoms with van der Waals surface area (Å²) in [5.74, 6) is 0. The third-order valence-electron chi connectivity index (χ3n) is 3.00. The Balaban J connectivity index is 0.00000144. The van der Waals surface area contributed by atoms with E-state index in [2.05, 4.69) is 16.1 Å². The Kier molecular flexibility index (Phi) is 6.62. The zero-order chi connectivity index (χ0) is 11.4. The molecule has 0 radical (unpaired) electrons.